The van der Waals surface area contributed by atoms with Crippen molar-refractivity contribution in [2.75, 3.05) is 11.0 Å². The molecule has 0 saturated carbocycles. The van der Waals surface area contributed by atoms with Crippen molar-refractivity contribution in [2.45, 2.75) is 31.6 Å². The Labute approximate surface area is 139 Å². The first-order valence-corrected chi connectivity index (χ1v) is 9.93. The highest BCUT2D eigenvalue weighted by molar-refractivity contribution is 14.1. The van der Waals surface area contributed by atoms with E-state index in [9.17, 15) is 13.2 Å². The number of benzene rings is 1. The number of sulfonamides is 1. The molecule has 0 unspecified atom stereocenters. The quantitative estimate of drug-likeness (QED) is 0.374. The van der Waals surface area contributed by atoms with Gasteiger partial charge in [-0.2, -0.15) is 0 Å². The Morgan fingerprint density at radius 1 is 1.33 bits per heavy atom. The zero-order valence-electron chi connectivity index (χ0n) is 11.9. The van der Waals surface area contributed by atoms with Crippen molar-refractivity contribution in [3.8, 4) is 0 Å². The van der Waals surface area contributed by atoms with Crippen molar-refractivity contribution in [3.05, 3.63) is 35.9 Å². The summed E-state index contributed by atoms with van der Waals surface area (Å²) in [6, 6.07) is 8.04. The van der Waals surface area contributed by atoms with E-state index in [1.165, 1.54) is 0 Å². The number of hydrogen-bond donors (Lipinski definition) is 1. The Morgan fingerprint density at radius 2 is 2.00 bits per heavy atom. The molecule has 0 aromatic heterocycles. The summed E-state index contributed by atoms with van der Waals surface area (Å²) in [6.45, 7) is 2.19. The second-order valence-electron chi connectivity index (χ2n) is 4.56. The molecule has 0 heterocycles. The van der Waals surface area contributed by atoms with Gasteiger partial charge in [-0.25, -0.2) is 13.1 Å². The van der Waals surface area contributed by atoms with Crippen LogP contribution in [0.2, 0.25) is 0 Å². The summed E-state index contributed by atoms with van der Waals surface area (Å²) in [7, 11) is -3.58. The summed E-state index contributed by atoms with van der Waals surface area (Å²) in [6.07, 6.45) is 1.12. The van der Waals surface area contributed by atoms with Crippen LogP contribution >= 0.6 is 22.6 Å². The third-order valence-corrected chi connectivity index (χ3v) is 4.63. The van der Waals surface area contributed by atoms with Crippen molar-refractivity contribution in [2.24, 2.45) is 0 Å². The van der Waals surface area contributed by atoms with Crippen LogP contribution in [0.15, 0.2) is 30.3 Å². The highest BCUT2D eigenvalue weighted by atomic mass is 127. The maximum absolute atomic E-state index is 12.1. The smallest absolute Gasteiger partial charge is 0.324 e. The lowest BCUT2D eigenvalue weighted by molar-refractivity contribution is -0.145. The van der Waals surface area contributed by atoms with Crippen molar-refractivity contribution in [3.63, 3.8) is 0 Å². The Balaban J connectivity index is 2.70. The fourth-order valence-corrected chi connectivity index (χ4v) is 3.67. The summed E-state index contributed by atoms with van der Waals surface area (Å²) in [5, 5.41) is 0. The molecule has 1 aromatic rings. The van der Waals surface area contributed by atoms with E-state index in [1.54, 1.807) is 24.3 Å². The Morgan fingerprint density at radius 3 is 2.57 bits per heavy atom. The SMILES string of the molecule is CCCOC(=O)[C@H](CCI)NS(=O)(=O)Cc1ccccc1. The van der Waals surface area contributed by atoms with Gasteiger partial charge in [-0.15, -0.1) is 0 Å². The molecular weight excluding hydrogens is 405 g/mol. The number of halogens is 1. The van der Waals surface area contributed by atoms with Crippen LogP contribution in [-0.2, 0) is 25.3 Å². The van der Waals surface area contributed by atoms with Crippen molar-refractivity contribution in [1.82, 2.24) is 4.72 Å². The number of nitrogens with one attached hydrogen (secondary N) is 1. The zero-order chi connectivity index (χ0) is 15.7. The Bertz CT molecular complexity index is 533. The molecule has 0 saturated heterocycles. The molecule has 7 heteroatoms. The largest absolute Gasteiger partial charge is 0.465 e. The van der Waals surface area contributed by atoms with E-state index in [1.807, 2.05) is 13.0 Å². The predicted molar refractivity (Wildman–Crippen MR) is 90.7 cm³/mol. The van der Waals surface area contributed by atoms with Gasteiger partial charge in [-0.05, 0) is 18.4 Å². The fraction of sp³-hybridized carbons (Fsp3) is 0.500. The standard InChI is InChI=1S/C14H20INO4S/c1-2-10-20-14(17)13(8-9-15)16-21(18,19)11-12-6-4-3-5-7-12/h3-7,13,16H,2,8-11H2,1H3/t13-/m0/s1. The van der Waals surface area contributed by atoms with E-state index in [4.69, 9.17) is 4.74 Å². The zero-order valence-corrected chi connectivity index (χ0v) is 14.9. The number of rotatable bonds is 9. The highest BCUT2D eigenvalue weighted by Crippen LogP contribution is 2.08. The summed E-state index contributed by atoms with van der Waals surface area (Å²) in [5.41, 5.74) is 0.681. The first kappa shape index (κ1) is 18.4. The van der Waals surface area contributed by atoms with Gasteiger partial charge in [0.15, 0.2) is 0 Å². The van der Waals surface area contributed by atoms with Crippen LogP contribution in [0.25, 0.3) is 0 Å². The molecule has 5 nitrogen and oxygen atoms in total. The van der Waals surface area contributed by atoms with Crippen LogP contribution in [0.4, 0.5) is 0 Å². The second-order valence-corrected chi connectivity index (χ2v) is 7.39. The van der Waals surface area contributed by atoms with Crippen LogP contribution in [0.3, 0.4) is 0 Å². The molecule has 0 aliphatic heterocycles. The van der Waals surface area contributed by atoms with Crippen LogP contribution in [0.1, 0.15) is 25.3 Å². The minimum atomic E-state index is -3.58. The predicted octanol–water partition coefficient (Wildman–Crippen LogP) is 2.25. The average molecular weight is 425 g/mol. The van der Waals surface area contributed by atoms with Crippen molar-refractivity contribution >= 4 is 38.6 Å². The fourth-order valence-electron chi connectivity index (χ4n) is 1.69. The molecule has 0 aliphatic rings. The molecule has 0 aliphatic carbocycles. The van der Waals surface area contributed by atoms with Gasteiger partial charge in [0.05, 0.1) is 12.4 Å². The molecule has 0 amide bonds. The normalized spacial score (nSPS) is 12.9. The number of carbonyl (C=O) groups is 1. The molecule has 118 valence electrons. The van der Waals surface area contributed by atoms with Gasteiger partial charge in [0.1, 0.15) is 6.04 Å². The third-order valence-electron chi connectivity index (χ3n) is 2.65. The summed E-state index contributed by atoms with van der Waals surface area (Å²) in [4.78, 5) is 11.9. The molecule has 1 atom stereocenters. The third kappa shape index (κ3) is 7.23. The van der Waals surface area contributed by atoms with Gasteiger partial charge < -0.3 is 4.74 Å². The van der Waals surface area contributed by atoms with Crippen LogP contribution in [0.5, 0.6) is 0 Å². The number of esters is 1. The monoisotopic (exact) mass is 425 g/mol. The number of ether oxygens (including phenoxy) is 1. The molecule has 0 bridgehead atoms. The summed E-state index contributed by atoms with van der Waals surface area (Å²) in [5.74, 6) is -0.655. The minimum absolute atomic E-state index is 0.146. The molecule has 1 rings (SSSR count). The van der Waals surface area contributed by atoms with Gasteiger partial charge in [0, 0.05) is 4.43 Å². The van der Waals surface area contributed by atoms with Gasteiger partial charge in [-0.3, -0.25) is 4.79 Å². The molecule has 1 aromatic carbocycles. The van der Waals surface area contributed by atoms with Gasteiger partial charge in [0.25, 0.3) is 0 Å². The molecular formula is C14H20INO4S. The first-order chi connectivity index (χ1) is 9.98. The minimum Gasteiger partial charge on any atom is -0.465 e. The lowest BCUT2D eigenvalue weighted by Gasteiger charge is -2.16. The van der Waals surface area contributed by atoms with Gasteiger partial charge in [0.2, 0.25) is 10.0 Å². The molecule has 1 N–H and O–H groups in total. The summed E-state index contributed by atoms with van der Waals surface area (Å²) < 4.78 is 32.4. The Hall–Kier alpha value is -0.670. The lowest BCUT2D eigenvalue weighted by atomic mass is 10.2. The second kappa shape index (κ2) is 9.37. The topological polar surface area (TPSA) is 72.5 Å². The van der Waals surface area contributed by atoms with E-state index >= 15 is 0 Å². The van der Waals surface area contributed by atoms with Crippen LogP contribution in [-0.4, -0.2) is 31.5 Å². The van der Waals surface area contributed by atoms with Crippen molar-refractivity contribution in [1.29, 1.82) is 0 Å². The van der Waals surface area contributed by atoms with E-state index in [0.29, 0.717) is 29.4 Å². The van der Waals surface area contributed by atoms with E-state index in [-0.39, 0.29) is 5.75 Å². The molecule has 21 heavy (non-hydrogen) atoms. The molecule has 0 radical (unpaired) electrons. The van der Waals surface area contributed by atoms with E-state index in [0.717, 1.165) is 0 Å². The average Bonchev–Trinajstić information content (AvgIpc) is 2.44. The Kier molecular flexibility index (Phi) is 8.20. The maximum Gasteiger partial charge on any atom is 0.324 e. The maximum atomic E-state index is 12.1. The van der Waals surface area contributed by atoms with E-state index < -0.39 is 22.0 Å². The molecule has 0 spiro atoms. The lowest BCUT2D eigenvalue weighted by Crippen LogP contribution is -2.42. The van der Waals surface area contributed by atoms with Crippen LogP contribution < -0.4 is 4.72 Å². The molecule has 0 fully saturated rings. The first-order valence-electron chi connectivity index (χ1n) is 6.75. The van der Waals surface area contributed by atoms with Crippen LogP contribution in [0, 0.1) is 0 Å². The number of hydrogen-bond acceptors (Lipinski definition) is 4. The number of carbonyl (C=O) groups excluding carboxylic acids is 1. The van der Waals surface area contributed by atoms with Gasteiger partial charge >= 0.3 is 5.97 Å². The summed E-state index contributed by atoms with van der Waals surface area (Å²) >= 11 is 2.11. The van der Waals surface area contributed by atoms with Gasteiger partial charge in [-0.1, -0.05) is 59.8 Å². The van der Waals surface area contributed by atoms with E-state index in [2.05, 4.69) is 27.3 Å². The van der Waals surface area contributed by atoms with Crippen molar-refractivity contribution < 1.29 is 17.9 Å². The number of alkyl halides is 1. The highest BCUT2D eigenvalue weighted by Gasteiger charge is 2.25.